The van der Waals surface area contributed by atoms with Gasteiger partial charge in [-0.25, -0.2) is 0 Å². The van der Waals surface area contributed by atoms with Crippen molar-refractivity contribution in [3.05, 3.63) is 34.9 Å². The van der Waals surface area contributed by atoms with Crippen LogP contribution in [0.3, 0.4) is 0 Å². The number of nitrogens with two attached hydrogens (primary N) is 1. The fraction of sp³-hybridized carbons (Fsp3) is 0.364. The number of hydrogen-bond donors (Lipinski definition) is 2. The van der Waals surface area contributed by atoms with Gasteiger partial charge in [0.15, 0.2) is 0 Å². The number of carboxylic acids is 1. The lowest BCUT2D eigenvalue weighted by Gasteiger charge is -2.43. The Kier molecular flexibility index (Phi) is 2.44. The van der Waals surface area contributed by atoms with Crippen LogP contribution in [-0.2, 0) is 10.2 Å². The molecule has 0 spiro atoms. The number of carbonyl (C=O) groups is 1. The van der Waals surface area contributed by atoms with Gasteiger partial charge in [0, 0.05) is 11.1 Å². The predicted molar refractivity (Wildman–Crippen MR) is 58.0 cm³/mol. The summed E-state index contributed by atoms with van der Waals surface area (Å²) in [6, 6.07) is 7.04. The molecule has 0 atom stereocenters. The molecule has 2 rings (SSSR count). The standard InChI is InChI=1S/C11H12ClNO2/c12-9-4-2-1-3-8(9)11(10(14)15)5-7(13)6-11/h1-4,7H,5-6,13H2,(H,14,15). The van der Waals surface area contributed by atoms with Gasteiger partial charge < -0.3 is 10.8 Å². The Hall–Kier alpha value is -1.06. The first-order valence-corrected chi connectivity index (χ1v) is 5.18. The Morgan fingerprint density at radius 1 is 1.47 bits per heavy atom. The van der Waals surface area contributed by atoms with Gasteiger partial charge in [-0.05, 0) is 24.5 Å². The minimum atomic E-state index is -0.863. The lowest BCUT2D eigenvalue weighted by atomic mass is 9.62. The van der Waals surface area contributed by atoms with Gasteiger partial charge in [-0.2, -0.15) is 0 Å². The zero-order valence-electron chi connectivity index (χ0n) is 8.11. The number of aliphatic carboxylic acids is 1. The molecular weight excluding hydrogens is 214 g/mol. The molecule has 0 saturated heterocycles. The van der Waals surface area contributed by atoms with E-state index in [2.05, 4.69) is 0 Å². The van der Waals surface area contributed by atoms with Crippen molar-refractivity contribution in [3.63, 3.8) is 0 Å². The summed E-state index contributed by atoms with van der Waals surface area (Å²) < 4.78 is 0. The molecule has 0 unspecified atom stereocenters. The third-order valence-electron chi connectivity index (χ3n) is 3.02. The molecule has 4 heteroatoms. The highest BCUT2D eigenvalue weighted by Gasteiger charge is 2.51. The maximum atomic E-state index is 11.3. The van der Waals surface area contributed by atoms with Crippen molar-refractivity contribution < 1.29 is 9.90 Å². The Bertz CT molecular complexity index is 399. The molecule has 1 aliphatic rings. The molecule has 15 heavy (non-hydrogen) atoms. The molecule has 3 N–H and O–H groups in total. The van der Waals surface area contributed by atoms with Crippen LogP contribution >= 0.6 is 11.6 Å². The third kappa shape index (κ3) is 1.52. The average Bonchev–Trinajstić information content (AvgIpc) is 2.13. The maximum absolute atomic E-state index is 11.3. The highest BCUT2D eigenvalue weighted by molar-refractivity contribution is 6.31. The van der Waals surface area contributed by atoms with E-state index in [0.29, 0.717) is 23.4 Å². The second-order valence-electron chi connectivity index (χ2n) is 4.04. The lowest BCUT2D eigenvalue weighted by Crippen LogP contribution is -2.54. The molecule has 3 nitrogen and oxygen atoms in total. The van der Waals surface area contributed by atoms with E-state index in [0.717, 1.165) is 0 Å². The molecule has 80 valence electrons. The van der Waals surface area contributed by atoms with Gasteiger partial charge >= 0.3 is 5.97 Å². The Morgan fingerprint density at radius 3 is 2.53 bits per heavy atom. The van der Waals surface area contributed by atoms with Crippen molar-refractivity contribution >= 4 is 17.6 Å². The van der Waals surface area contributed by atoms with Crippen molar-refractivity contribution in [1.29, 1.82) is 0 Å². The number of hydrogen-bond acceptors (Lipinski definition) is 2. The highest BCUT2D eigenvalue weighted by atomic mass is 35.5. The zero-order valence-corrected chi connectivity index (χ0v) is 8.87. The first kappa shape index (κ1) is 10.5. The molecule has 0 radical (unpaired) electrons. The number of benzene rings is 1. The second-order valence-corrected chi connectivity index (χ2v) is 4.44. The first-order chi connectivity index (χ1) is 7.06. The number of halogens is 1. The zero-order chi connectivity index (χ0) is 11.1. The molecule has 1 fully saturated rings. The van der Waals surface area contributed by atoms with E-state index in [1.807, 2.05) is 0 Å². The molecular formula is C11H12ClNO2. The fourth-order valence-corrected chi connectivity index (χ4v) is 2.51. The van der Waals surface area contributed by atoms with E-state index in [9.17, 15) is 9.90 Å². The van der Waals surface area contributed by atoms with E-state index >= 15 is 0 Å². The summed E-state index contributed by atoms with van der Waals surface area (Å²) in [5.74, 6) is -0.836. The monoisotopic (exact) mass is 225 g/mol. The minimum Gasteiger partial charge on any atom is -0.481 e. The molecule has 1 aromatic carbocycles. The van der Waals surface area contributed by atoms with Gasteiger partial charge in [-0.3, -0.25) is 4.79 Å². The minimum absolute atomic E-state index is 0.0302. The van der Waals surface area contributed by atoms with E-state index in [1.54, 1.807) is 24.3 Å². The molecule has 1 aliphatic carbocycles. The Morgan fingerprint density at radius 2 is 2.07 bits per heavy atom. The Balaban J connectivity index is 2.43. The summed E-state index contributed by atoms with van der Waals surface area (Å²) in [4.78, 5) is 11.3. The van der Waals surface area contributed by atoms with Crippen LogP contribution in [0.2, 0.25) is 5.02 Å². The molecule has 0 aromatic heterocycles. The van der Waals surface area contributed by atoms with E-state index in [-0.39, 0.29) is 6.04 Å². The van der Waals surface area contributed by atoms with Crippen LogP contribution < -0.4 is 5.73 Å². The van der Waals surface area contributed by atoms with Gasteiger partial charge in [0.05, 0.1) is 5.41 Å². The summed E-state index contributed by atoms with van der Waals surface area (Å²) >= 11 is 6.01. The second kappa shape index (κ2) is 3.51. The first-order valence-electron chi connectivity index (χ1n) is 4.80. The topological polar surface area (TPSA) is 63.3 Å². The number of rotatable bonds is 2. The molecule has 0 bridgehead atoms. The number of carboxylic acid groups (broad SMARTS) is 1. The molecule has 1 aromatic rings. The van der Waals surface area contributed by atoms with Crippen LogP contribution in [0.15, 0.2) is 24.3 Å². The fourth-order valence-electron chi connectivity index (χ4n) is 2.19. The average molecular weight is 226 g/mol. The molecule has 0 heterocycles. The van der Waals surface area contributed by atoms with Crippen molar-refractivity contribution in [2.75, 3.05) is 0 Å². The molecule has 1 saturated carbocycles. The van der Waals surface area contributed by atoms with Crippen LogP contribution in [-0.4, -0.2) is 17.1 Å². The summed E-state index contributed by atoms with van der Waals surface area (Å²) in [7, 11) is 0. The van der Waals surface area contributed by atoms with E-state index in [1.165, 1.54) is 0 Å². The maximum Gasteiger partial charge on any atom is 0.314 e. The Labute approximate surface area is 92.8 Å². The molecule has 0 aliphatic heterocycles. The summed E-state index contributed by atoms with van der Waals surface area (Å²) in [5, 5.41) is 9.77. The van der Waals surface area contributed by atoms with Gasteiger partial charge in [0.1, 0.15) is 0 Å². The van der Waals surface area contributed by atoms with Gasteiger partial charge in [-0.1, -0.05) is 29.8 Å². The van der Waals surface area contributed by atoms with Crippen molar-refractivity contribution in [2.24, 2.45) is 5.73 Å². The predicted octanol–water partition coefficient (Wildman–Crippen LogP) is 1.78. The van der Waals surface area contributed by atoms with Crippen molar-refractivity contribution in [1.82, 2.24) is 0 Å². The van der Waals surface area contributed by atoms with E-state index < -0.39 is 11.4 Å². The SMILES string of the molecule is NC1CC(C(=O)O)(c2ccccc2Cl)C1. The van der Waals surface area contributed by atoms with Crippen molar-refractivity contribution in [2.45, 2.75) is 24.3 Å². The van der Waals surface area contributed by atoms with Gasteiger partial charge in [0.2, 0.25) is 0 Å². The molecule has 0 amide bonds. The van der Waals surface area contributed by atoms with Gasteiger partial charge in [-0.15, -0.1) is 0 Å². The normalized spacial score (nSPS) is 29.6. The lowest BCUT2D eigenvalue weighted by molar-refractivity contribution is -0.148. The van der Waals surface area contributed by atoms with Crippen LogP contribution in [0, 0.1) is 0 Å². The quantitative estimate of drug-likeness (QED) is 0.807. The van der Waals surface area contributed by atoms with Gasteiger partial charge in [0.25, 0.3) is 0 Å². The van der Waals surface area contributed by atoms with Crippen LogP contribution in [0.25, 0.3) is 0 Å². The summed E-state index contributed by atoms with van der Waals surface area (Å²) in [6.45, 7) is 0. The van der Waals surface area contributed by atoms with Crippen LogP contribution in [0.5, 0.6) is 0 Å². The van der Waals surface area contributed by atoms with Crippen LogP contribution in [0.4, 0.5) is 0 Å². The highest BCUT2D eigenvalue weighted by Crippen LogP contribution is 2.45. The largest absolute Gasteiger partial charge is 0.481 e. The smallest absolute Gasteiger partial charge is 0.314 e. The third-order valence-corrected chi connectivity index (χ3v) is 3.35. The van der Waals surface area contributed by atoms with Crippen molar-refractivity contribution in [3.8, 4) is 0 Å². The van der Waals surface area contributed by atoms with Crippen LogP contribution in [0.1, 0.15) is 18.4 Å². The van der Waals surface area contributed by atoms with E-state index in [4.69, 9.17) is 17.3 Å². The summed E-state index contributed by atoms with van der Waals surface area (Å²) in [5.41, 5.74) is 5.49. The summed E-state index contributed by atoms with van der Waals surface area (Å²) in [6.07, 6.45) is 0.929.